The van der Waals surface area contributed by atoms with Crippen molar-refractivity contribution in [3.63, 3.8) is 0 Å². The molecular formula is C13H20N2O. The summed E-state index contributed by atoms with van der Waals surface area (Å²) in [6.45, 7) is 8.20. The number of benzene rings is 1. The minimum atomic E-state index is 0.0506. The second-order valence-corrected chi connectivity index (χ2v) is 4.48. The van der Waals surface area contributed by atoms with Gasteiger partial charge in [0.1, 0.15) is 11.6 Å². The zero-order chi connectivity index (χ0) is 12.3. The van der Waals surface area contributed by atoms with Gasteiger partial charge in [0, 0.05) is 0 Å². The Morgan fingerprint density at radius 1 is 1.31 bits per heavy atom. The van der Waals surface area contributed by atoms with E-state index in [1.165, 1.54) is 0 Å². The molecule has 1 aromatic carbocycles. The average molecular weight is 220 g/mol. The van der Waals surface area contributed by atoms with Crippen LogP contribution in [0.5, 0.6) is 5.75 Å². The van der Waals surface area contributed by atoms with E-state index in [-0.39, 0.29) is 11.9 Å². The Bertz CT molecular complexity index is 386. The van der Waals surface area contributed by atoms with E-state index in [1.807, 2.05) is 32.0 Å². The van der Waals surface area contributed by atoms with Crippen molar-refractivity contribution in [2.75, 3.05) is 0 Å². The zero-order valence-corrected chi connectivity index (χ0v) is 10.4. The van der Waals surface area contributed by atoms with E-state index in [4.69, 9.17) is 15.9 Å². The number of aryl methyl sites for hydroxylation is 1. The zero-order valence-electron chi connectivity index (χ0n) is 10.4. The quantitative estimate of drug-likeness (QED) is 0.605. The number of hydrogen-bond donors (Lipinski definition) is 2. The Kier molecular flexibility index (Phi) is 3.93. The van der Waals surface area contributed by atoms with E-state index in [0.717, 1.165) is 5.56 Å². The second-order valence-electron chi connectivity index (χ2n) is 4.48. The maximum absolute atomic E-state index is 7.52. The third-order valence-corrected chi connectivity index (χ3v) is 2.68. The summed E-state index contributed by atoms with van der Waals surface area (Å²) in [6, 6.07) is 5.73. The lowest BCUT2D eigenvalue weighted by Crippen LogP contribution is -2.21. The third-order valence-electron chi connectivity index (χ3n) is 2.68. The standard InChI is InChI=1S/C13H20N2O/c1-8(2)10(4)16-12-6-5-9(3)7-11(12)13(14)15/h5-8,10H,1-4H3,(H3,14,15). The highest BCUT2D eigenvalue weighted by atomic mass is 16.5. The SMILES string of the molecule is Cc1ccc(OC(C)C(C)C)c(C(=N)N)c1. The molecule has 1 unspecified atom stereocenters. The van der Waals surface area contributed by atoms with Crippen molar-refractivity contribution < 1.29 is 4.74 Å². The molecule has 0 aliphatic carbocycles. The molecule has 1 rings (SSSR count). The van der Waals surface area contributed by atoms with Crippen LogP contribution < -0.4 is 10.5 Å². The number of nitrogens with two attached hydrogens (primary N) is 1. The summed E-state index contributed by atoms with van der Waals surface area (Å²) < 4.78 is 5.80. The van der Waals surface area contributed by atoms with Crippen LogP contribution in [0.2, 0.25) is 0 Å². The Balaban J connectivity index is 2.99. The van der Waals surface area contributed by atoms with Crippen molar-refractivity contribution in [3.05, 3.63) is 29.3 Å². The van der Waals surface area contributed by atoms with E-state index in [9.17, 15) is 0 Å². The molecule has 0 saturated carbocycles. The van der Waals surface area contributed by atoms with E-state index in [1.54, 1.807) is 0 Å². The summed E-state index contributed by atoms with van der Waals surface area (Å²) in [4.78, 5) is 0. The van der Waals surface area contributed by atoms with Crippen molar-refractivity contribution in [1.82, 2.24) is 0 Å². The van der Waals surface area contributed by atoms with E-state index < -0.39 is 0 Å². The van der Waals surface area contributed by atoms with E-state index in [0.29, 0.717) is 17.2 Å². The molecular weight excluding hydrogens is 200 g/mol. The van der Waals surface area contributed by atoms with Gasteiger partial charge in [-0.05, 0) is 31.9 Å². The number of hydrogen-bond acceptors (Lipinski definition) is 2. The monoisotopic (exact) mass is 220 g/mol. The highest BCUT2D eigenvalue weighted by molar-refractivity contribution is 5.97. The van der Waals surface area contributed by atoms with Crippen LogP contribution in [0.4, 0.5) is 0 Å². The molecule has 0 aromatic heterocycles. The maximum Gasteiger partial charge on any atom is 0.130 e. The van der Waals surface area contributed by atoms with Crippen LogP contribution in [-0.2, 0) is 0 Å². The molecule has 0 spiro atoms. The van der Waals surface area contributed by atoms with E-state index in [2.05, 4.69) is 13.8 Å². The lowest BCUT2D eigenvalue weighted by molar-refractivity contribution is 0.170. The molecule has 0 radical (unpaired) electrons. The van der Waals surface area contributed by atoms with Gasteiger partial charge < -0.3 is 10.5 Å². The predicted molar refractivity (Wildman–Crippen MR) is 67.1 cm³/mol. The molecule has 3 N–H and O–H groups in total. The van der Waals surface area contributed by atoms with Crippen LogP contribution >= 0.6 is 0 Å². The lowest BCUT2D eigenvalue weighted by Gasteiger charge is -2.20. The summed E-state index contributed by atoms with van der Waals surface area (Å²) >= 11 is 0. The molecule has 3 heteroatoms. The number of nitrogen functional groups attached to an aromatic ring is 1. The smallest absolute Gasteiger partial charge is 0.130 e. The highest BCUT2D eigenvalue weighted by Crippen LogP contribution is 2.22. The third kappa shape index (κ3) is 2.99. The summed E-state index contributed by atoms with van der Waals surface area (Å²) in [6.07, 6.45) is 0.112. The van der Waals surface area contributed by atoms with Crippen molar-refractivity contribution in [3.8, 4) is 5.75 Å². The van der Waals surface area contributed by atoms with Gasteiger partial charge in [0.25, 0.3) is 0 Å². The summed E-state index contributed by atoms with van der Waals surface area (Å²) in [5.74, 6) is 1.18. The molecule has 16 heavy (non-hydrogen) atoms. The first kappa shape index (κ1) is 12.6. The van der Waals surface area contributed by atoms with Gasteiger partial charge in [-0.2, -0.15) is 0 Å². The lowest BCUT2D eigenvalue weighted by atomic mass is 10.1. The molecule has 0 aliphatic rings. The van der Waals surface area contributed by atoms with Crippen LogP contribution in [0.3, 0.4) is 0 Å². The molecule has 0 amide bonds. The topological polar surface area (TPSA) is 59.1 Å². The van der Waals surface area contributed by atoms with Crippen LogP contribution in [-0.4, -0.2) is 11.9 Å². The minimum Gasteiger partial charge on any atom is -0.490 e. The Hall–Kier alpha value is -1.51. The fourth-order valence-electron chi connectivity index (χ4n) is 1.29. The minimum absolute atomic E-state index is 0.0506. The molecule has 0 heterocycles. The van der Waals surface area contributed by atoms with E-state index >= 15 is 0 Å². The molecule has 1 aromatic rings. The van der Waals surface area contributed by atoms with Gasteiger partial charge in [-0.25, -0.2) is 0 Å². The fraction of sp³-hybridized carbons (Fsp3) is 0.462. The number of rotatable bonds is 4. The summed E-state index contributed by atoms with van der Waals surface area (Å²) in [5.41, 5.74) is 7.29. The van der Waals surface area contributed by atoms with Crippen molar-refractivity contribution >= 4 is 5.84 Å². The van der Waals surface area contributed by atoms with Gasteiger partial charge in [0.2, 0.25) is 0 Å². The fourth-order valence-corrected chi connectivity index (χ4v) is 1.29. The Morgan fingerprint density at radius 3 is 2.44 bits per heavy atom. The number of amidine groups is 1. The predicted octanol–water partition coefficient (Wildman–Crippen LogP) is 2.70. The largest absolute Gasteiger partial charge is 0.490 e. The first-order valence-electron chi connectivity index (χ1n) is 5.53. The Labute approximate surface area is 97.1 Å². The molecule has 3 nitrogen and oxygen atoms in total. The van der Waals surface area contributed by atoms with Crippen LogP contribution in [0, 0.1) is 18.3 Å². The van der Waals surface area contributed by atoms with Gasteiger partial charge in [-0.15, -0.1) is 0 Å². The molecule has 0 bridgehead atoms. The van der Waals surface area contributed by atoms with Gasteiger partial charge in [-0.1, -0.05) is 25.5 Å². The second kappa shape index (κ2) is 5.01. The first-order chi connectivity index (χ1) is 7.41. The van der Waals surface area contributed by atoms with Gasteiger partial charge in [-0.3, -0.25) is 5.41 Å². The molecule has 1 atom stereocenters. The van der Waals surface area contributed by atoms with Gasteiger partial charge in [0.05, 0.1) is 11.7 Å². The molecule has 88 valence electrons. The van der Waals surface area contributed by atoms with Crippen molar-refractivity contribution in [2.24, 2.45) is 11.7 Å². The summed E-state index contributed by atoms with van der Waals surface area (Å²) in [7, 11) is 0. The maximum atomic E-state index is 7.52. The van der Waals surface area contributed by atoms with Crippen LogP contribution in [0.15, 0.2) is 18.2 Å². The van der Waals surface area contributed by atoms with Gasteiger partial charge in [0.15, 0.2) is 0 Å². The molecule has 0 fully saturated rings. The summed E-state index contributed by atoms with van der Waals surface area (Å²) in [5, 5.41) is 7.52. The number of nitrogens with one attached hydrogen (secondary N) is 1. The van der Waals surface area contributed by atoms with Crippen LogP contribution in [0.1, 0.15) is 31.9 Å². The number of ether oxygens (including phenoxy) is 1. The normalized spacial score (nSPS) is 12.6. The van der Waals surface area contributed by atoms with Crippen molar-refractivity contribution in [1.29, 1.82) is 5.41 Å². The van der Waals surface area contributed by atoms with Crippen molar-refractivity contribution in [2.45, 2.75) is 33.8 Å². The molecule has 0 aliphatic heterocycles. The van der Waals surface area contributed by atoms with Gasteiger partial charge >= 0.3 is 0 Å². The highest BCUT2D eigenvalue weighted by Gasteiger charge is 2.13. The Morgan fingerprint density at radius 2 is 1.94 bits per heavy atom. The van der Waals surface area contributed by atoms with Crippen LogP contribution in [0.25, 0.3) is 0 Å². The molecule has 0 saturated heterocycles. The first-order valence-corrected chi connectivity index (χ1v) is 5.53. The average Bonchev–Trinajstić information content (AvgIpc) is 2.20.